The summed E-state index contributed by atoms with van der Waals surface area (Å²) < 4.78 is 46.3. The maximum atomic E-state index is 13.4. The van der Waals surface area contributed by atoms with Crippen molar-refractivity contribution in [1.82, 2.24) is 14.9 Å². The van der Waals surface area contributed by atoms with Crippen LogP contribution in [0.15, 0.2) is 41.1 Å². The van der Waals surface area contributed by atoms with Crippen molar-refractivity contribution in [1.29, 1.82) is 0 Å². The number of nitrogens with zero attached hydrogens (tertiary/aromatic N) is 2. The molecule has 0 fully saturated rings. The topological polar surface area (TPSA) is 41.1 Å². The molecule has 1 N–H and O–H groups in total. The molecule has 0 aliphatic carbocycles. The summed E-state index contributed by atoms with van der Waals surface area (Å²) in [7, 11) is 1.50. The summed E-state index contributed by atoms with van der Waals surface area (Å²) in [6.45, 7) is 0.836. The maximum Gasteiger partial charge on any atom is 0.401 e. The van der Waals surface area contributed by atoms with E-state index in [9.17, 15) is 13.2 Å². The minimum absolute atomic E-state index is 0.296. The van der Waals surface area contributed by atoms with Gasteiger partial charge >= 0.3 is 6.18 Å². The summed E-state index contributed by atoms with van der Waals surface area (Å²) in [5.74, 6) is 0.457. The Morgan fingerprint density at radius 2 is 2.07 bits per heavy atom. The van der Waals surface area contributed by atoms with E-state index in [1.54, 1.807) is 6.07 Å². The predicted molar refractivity (Wildman–Crippen MR) is 105 cm³/mol. The average molecular weight is 454 g/mol. The first-order valence-electron chi connectivity index (χ1n) is 8.90. The van der Waals surface area contributed by atoms with Gasteiger partial charge in [-0.15, -0.1) is 0 Å². The van der Waals surface area contributed by atoms with Crippen LogP contribution in [0.3, 0.4) is 0 Å². The molecule has 0 unspecified atom stereocenters. The van der Waals surface area contributed by atoms with Crippen LogP contribution >= 0.6 is 15.9 Å². The highest BCUT2D eigenvalue weighted by Crippen LogP contribution is 2.44. The van der Waals surface area contributed by atoms with Gasteiger partial charge in [0.05, 0.1) is 25.9 Å². The van der Waals surface area contributed by atoms with E-state index in [0.29, 0.717) is 22.3 Å². The second-order valence-corrected chi connectivity index (χ2v) is 7.87. The smallest absolute Gasteiger partial charge is 0.401 e. The molecule has 1 aromatic carbocycles. The number of H-pyrrole nitrogens is 1. The molecule has 4 rings (SSSR count). The number of para-hydroxylation sites is 1. The number of aromatic amines is 1. The van der Waals surface area contributed by atoms with Crippen LogP contribution in [0, 0.1) is 0 Å². The van der Waals surface area contributed by atoms with Crippen molar-refractivity contribution in [3.05, 3.63) is 58.0 Å². The summed E-state index contributed by atoms with van der Waals surface area (Å²) in [5.41, 5.74) is 3.40. The zero-order chi connectivity index (χ0) is 20.1. The molecule has 3 heterocycles. The highest BCUT2D eigenvalue weighted by atomic mass is 79.9. The number of nitrogens with one attached hydrogen (secondary N) is 1. The van der Waals surface area contributed by atoms with Crippen LogP contribution in [0.1, 0.15) is 29.8 Å². The number of alkyl halides is 3. The number of methoxy groups -OCH3 is 1. The van der Waals surface area contributed by atoms with Crippen molar-refractivity contribution in [2.45, 2.75) is 31.6 Å². The molecule has 148 valence electrons. The van der Waals surface area contributed by atoms with E-state index >= 15 is 0 Å². The van der Waals surface area contributed by atoms with Crippen LogP contribution in [-0.2, 0) is 6.42 Å². The lowest BCUT2D eigenvalue weighted by molar-refractivity contribution is -0.155. The number of aromatic nitrogens is 2. The third-order valence-electron chi connectivity index (χ3n) is 5.26. The molecule has 0 saturated heterocycles. The van der Waals surface area contributed by atoms with Crippen LogP contribution in [0.4, 0.5) is 13.2 Å². The normalized spacial score (nSPS) is 20.4. The quantitative estimate of drug-likeness (QED) is 0.551. The van der Waals surface area contributed by atoms with Gasteiger partial charge in [-0.05, 0) is 47.0 Å². The SMILES string of the molecule is COc1cnc(Br)cc1[C@@H]1c2[nH]c3ccccc3c2C[C@@H](C)N1CC(F)(F)F. The minimum Gasteiger partial charge on any atom is -0.495 e. The molecule has 28 heavy (non-hydrogen) atoms. The lowest BCUT2D eigenvalue weighted by atomic mass is 9.88. The number of hydrogen-bond acceptors (Lipinski definition) is 3. The number of rotatable bonds is 3. The number of ether oxygens (including phenoxy) is 1. The van der Waals surface area contributed by atoms with E-state index in [4.69, 9.17) is 4.74 Å². The van der Waals surface area contributed by atoms with Crippen molar-refractivity contribution in [2.24, 2.45) is 0 Å². The number of pyridine rings is 1. The monoisotopic (exact) mass is 453 g/mol. The lowest BCUT2D eigenvalue weighted by Crippen LogP contribution is -2.47. The van der Waals surface area contributed by atoms with Crippen molar-refractivity contribution in [3.63, 3.8) is 0 Å². The van der Waals surface area contributed by atoms with Gasteiger partial charge in [0, 0.05) is 28.2 Å². The summed E-state index contributed by atoms with van der Waals surface area (Å²) >= 11 is 3.35. The third-order valence-corrected chi connectivity index (χ3v) is 5.69. The van der Waals surface area contributed by atoms with Gasteiger partial charge in [-0.1, -0.05) is 18.2 Å². The molecule has 1 aliphatic rings. The van der Waals surface area contributed by atoms with Gasteiger partial charge in [-0.3, -0.25) is 4.90 Å². The van der Waals surface area contributed by atoms with Crippen molar-refractivity contribution < 1.29 is 17.9 Å². The van der Waals surface area contributed by atoms with Crippen LogP contribution in [-0.4, -0.2) is 40.7 Å². The first-order chi connectivity index (χ1) is 13.3. The van der Waals surface area contributed by atoms with Crippen LogP contribution < -0.4 is 4.74 Å². The molecule has 3 aromatic rings. The van der Waals surface area contributed by atoms with Crippen LogP contribution in [0.2, 0.25) is 0 Å². The Kier molecular flexibility index (Phi) is 4.87. The van der Waals surface area contributed by atoms with Gasteiger partial charge in [0.25, 0.3) is 0 Å². The second-order valence-electron chi connectivity index (χ2n) is 7.05. The van der Waals surface area contributed by atoms with Gasteiger partial charge < -0.3 is 9.72 Å². The molecule has 8 heteroatoms. The highest BCUT2D eigenvalue weighted by Gasteiger charge is 2.42. The standard InChI is InChI=1S/C20H19BrF3N3O/c1-11-7-13-12-5-3-4-6-15(12)26-18(13)19(27(11)10-20(22,23)24)14-8-17(21)25-9-16(14)28-2/h3-6,8-9,11,19,26H,7,10H2,1-2H3/t11-,19-/m1/s1. The van der Waals surface area contributed by atoms with Gasteiger partial charge in [-0.2, -0.15) is 13.2 Å². The Morgan fingerprint density at radius 3 is 2.79 bits per heavy atom. The fourth-order valence-corrected chi connectivity index (χ4v) is 4.46. The summed E-state index contributed by atoms with van der Waals surface area (Å²) in [4.78, 5) is 9.02. The Balaban J connectivity index is 1.96. The van der Waals surface area contributed by atoms with E-state index < -0.39 is 18.8 Å². The molecule has 2 atom stereocenters. The van der Waals surface area contributed by atoms with Crippen LogP contribution in [0.25, 0.3) is 10.9 Å². The Bertz CT molecular complexity index is 1020. The fourth-order valence-electron chi connectivity index (χ4n) is 4.11. The largest absolute Gasteiger partial charge is 0.495 e. The number of fused-ring (bicyclic) bond motifs is 3. The molecule has 4 nitrogen and oxygen atoms in total. The molecular formula is C20H19BrF3N3O. The van der Waals surface area contributed by atoms with Gasteiger partial charge in [0.15, 0.2) is 0 Å². The van der Waals surface area contributed by atoms with Crippen molar-refractivity contribution in [2.75, 3.05) is 13.7 Å². The minimum atomic E-state index is -4.31. The van der Waals surface area contributed by atoms with E-state index in [1.807, 2.05) is 31.2 Å². The molecule has 0 bridgehead atoms. The number of hydrogen-bond donors (Lipinski definition) is 1. The molecule has 2 aromatic heterocycles. The fraction of sp³-hybridized carbons (Fsp3) is 0.350. The molecule has 1 aliphatic heterocycles. The first-order valence-corrected chi connectivity index (χ1v) is 9.69. The Hall–Kier alpha value is -2.06. The average Bonchev–Trinajstić information content (AvgIpc) is 2.99. The molecule has 0 spiro atoms. The van der Waals surface area contributed by atoms with E-state index in [0.717, 1.165) is 22.2 Å². The number of halogens is 4. The zero-order valence-corrected chi connectivity index (χ0v) is 16.9. The van der Waals surface area contributed by atoms with Crippen molar-refractivity contribution in [3.8, 4) is 5.75 Å². The molecule has 0 saturated carbocycles. The zero-order valence-electron chi connectivity index (χ0n) is 15.3. The van der Waals surface area contributed by atoms with Crippen molar-refractivity contribution >= 4 is 26.8 Å². The predicted octanol–water partition coefficient (Wildman–Crippen LogP) is 5.23. The first kappa shape index (κ1) is 19.3. The van der Waals surface area contributed by atoms with E-state index in [-0.39, 0.29) is 6.04 Å². The van der Waals surface area contributed by atoms with E-state index in [2.05, 4.69) is 25.9 Å². The second kappa shape index (κ2) is 7.08. The maximum absolute atomic E-state index is 13.4. The number of benzene rings is 1. The van der Waals surface area contributed by atoms with Gasteiger partial charge in [0.2, 0.25) is 0 Å². The summed E-state index contributed by atoms with van der Waals surface area (Å²) in [6.07, 6.45) is -2.24. The van der Waals surface area contributed by atoms with E-state index in [1.165, 1.54) is 18.2 Å². The lowest BCUT2D eigenvalue weighted by Gasteiger charge is -2.41. The summed E-state index contributed by atoms with van der Waals surface area (Å²) in [6, 6.07) is 8.63. The van der Waals surface area contributed by atoms with Gasteiger partial charge in [-0.25, -0.2) is 4.98 Å². The molecule has 0 radical (unpaired) electrons. The Morgan fingerprint density at radius 1 is 1.32 bits per heavy atom. The molecular weight excluding hydrogens is 435 g/mol. The van der Waals surface area contributed by atoms with Crippen LogP contribution in [0.5, 0.6) is 5.75 Å². The van der Waals surface area contributed by atoms with Gasteiger partial charge in [0.1, 0.15) is 10.4 Å². The Labute approximate surface area is 168 Å². The molecule has 0 amide bonds. The highest BCUT2D eigenvalue weighted by molar-refractivity contribution is 9.10. The third kappa shape index (κ3) is 3.39. The summed E-state index contributed by atoms with van der Waals surface area (Å²) in [5, 5.41) is 1.05.